The quantitative estimate of drug-likeness (QED) is 0.778. The van der Waals surface area contributed by atoms with Gasteiger partial charge >= 0.3 is 12.1 Å². The molecule has 0 aromatic heterocycles. The Morgan fingerprint density at radius 2 is 1.95 bits per heavy atom. The van der Waals surface area contributed by atoms with Crippen molar-refractivity contribution in [3.05, 3.63) is 35.4 Å². The maximum atomic E-state index is 12.8. The molecule has 0 aliphatic rings. The summed E-state index contributed by atoms with van der Waals surface area (Å²) in [6.07, 6.45) is -4.70. The number of ether oxygens (including phenoxy) is 1. The van der Waals surface area contributed by atoms with E-state index >= 15 is 0 Å². The highest BCUT2D eigenvalue weighted by Gasteiger charge is 2.34. The van der Waals surface area contributed by atoms with E-state index in [1.54, 1.807) is 4.72 Å². The molecule has 0 amide bonds. The number of carboxylic acid groups (broad SMARTS) is 1. The van der Waals surface area contributed by atoms with Crippen LogP contribution in [0.15, 0.2) is 24.3 Å². The summed E-state index contributed by atoms with van der Waals surface area (Å²) < 4.78 is 68.5. The van der Waals surface area contributed by atoms with Gasteiger partial charge in [-0.1, -0.05) is 18.2 Å². The lowest BCUT2D eigenvalue weighted by Crippen LogP contribution is -2.44. The Morgan fingerprint density at radius 3 is 2.45 bits per heavy atom. The molecular weight excluding hydrogens is 327 g/mol. The average molecular weight is 341 g/mol. The fraction of sp³-hybridized carbons (Fsp3) is 0.417. The smallest absolute Gasteiger partial charge is 0.416 e. The van der Waals surface area contributed by atoms with Crippen LogP contribution >= 0.6 is 0 Å². The van der Waals surface area contributed by atoms with Crippen molar-refractivity contribution in [1.82, 2.24) is 4.72 Å². The number of sulfonamides is 1. The van der Waals surface area contributed by atoms with Crippen molar-refractivity contribution in [2.45, 2.75) is 18.0 Å². The van der Waals surface area contributed by atoms with E-state index in [2.05, 4.69) is 4.74 Å². The Morgan fingerprint density at radius 1 is 1.36 bits per heavy atom. The summed E-state index contributed by atoms with van der Waals surface area (Å²) in [6.45, 7) is -0.449. The predicted octanol–water partition coefficient (Wildman–Crippen LogP) is 1.22. The zero-order valence-electron chi connectivity index (χ0n) is 11.4. The van der Waals surface area contributed by atoms with Gasteiger partial charge in [-0.2, -0.15) is 17.9 Å². The highest BCUT2D eigenvalue weighted by molar-refractivity contribution is 7.88. The molecule has 0 fully saturated rings. The van der Waals surface area contributed by atoms with E-state index in [0.29, 0.717) is 0 Å². The molecule has 0 aliphatic heterocycles. The fourth-order valence-corrected chi connectivity index (χ4v) is 3.06. The zero-order valence-corrected chi connectivity index (χ0v) is 12.2. The topological polar surface area (TPSA) is 92.7 Å². The molecule has 1 atom stereocenters. The SMILES string of the molecule is COCC(NS(=O)(=O)Cc1ccccc1C(F)(F)F)C(=O)O. The van der Waals surface area contributed by atoms with Crippen LogP contribution in [0.3, 0.4) is 0 Å². The Hall–Kier alpha value is -1.65. The largest absolute Gasteiger partial charge is 0.480 e. The van der Waals surface area contributed by atoms with Crippen LogP contribution in [0.4, 0.5) is 13.2 Å². The molecule has 0 bridgehead atoms. The number of rotatable bonds is 7. The van der Waals surface area contributed by atoms with Crippen LogP contribution in [0, 0.1) is 0 Å². The first-order valence-electron chi connectivity index (χ1n) is 5.93. The minimum absolute atomic E-state index is 0.449. The van der Waals surface area contributed by atoms with E-state index in [0.717, 1.165) is 18.2 Å². The Labute approximate surface area is 124 Å². The van der Waals surface area contributed by atoms with Gasteiger partial charge in [-0.3, -0.25) is 4.79 Å². The van der Waals surface area contributed by atoms with Gasteiger partial charge in [0.25, 0.3) is 0 Å². The van der Waals surface area contributed by atoms with Crippen molar-refractivity contribution >= 4 is 16.0 Å². The zero-order chi connectivity index (χ0) is 17.0. The van der Waals surface area contributed by atoms with Gasteiger partial charge in [0.05, 0.1) is 17.9 Å². The summed E-state index contributed by atoms with van der Waals surface area (Å²) in [7, 11) is -3.12. The molecule has 1 aromatic carbocycles. The first-order valence-corrected chi connectivity index (χ1v) is 7.59. The van der Waals surface area contributed by atoms with Crippen LogP contribution in [0.5, 0.6) is 0 Å². The second-order valence-corrected chi connectivity index (χ2v) is 6.13. The average Bonchev–Trinajstić information content (AvgIpc) is 2.36. The first kappa shape index (κ1) is 18.4. The van der Waals surface area contributed by atoms with Crippen LogP contribution in [0.2, 0.25) is 0 Å². The Balaban J connectivity index is 3.01. The standard InChI is InChI=1S/C12H14F3NO5S/c1-21-6-10(11(17)18)16-22(19,20)7-8-4-2-3-5-9(8)12(13,14)15/h2-5,10,16H,6-7H2,1H3,(H,17,18). The molecule has 1 unspecified atom stereocenters. The van der Waals surface area contributed by atoms with E-state index < -0.39 is 51.7 Å². The van der Waals surface area contributed by atoms with Crippen LogP contribution in [-0.4, -0.2) is 39.3 Å². The Bertz CT molecular complexity index is 630. The van der Waals surface area contributed by atoms with Gasteiger partial charge in [0.15, 0.2) is 0 Å². The number of carboxylic acids is 1. The predicted molar refractivity (Wildman–Crippen MR) is 70.5 cm³/mol. The fourth-order valence-electron chi connectivity index (χ4n) is 1.71. The van der Waals surface area contributed by atoms with E-state index in [1.807, 2.05) is 0 Å². The molecule has 0 saturated heterocycles. The molecule has 6 nitrogen and oxygen atoms in total. The van der Waals surface area contributed by atoms with Crippen molar-refractivity contribution in [2.24, 2.45) is 0 Å². The molecule has 0 heterocycles. The highest BCUT2D eigenvalue weighted by Crippen LogP contribution is 2.32. The molecule has 10 heteroatoms. The molecule has 124 valence electrons. The maximum absolute atomic E-state index is 12.8. The molecule has 0 saturated carbocycles. The molecule has 0 spiro atoms. The molecule has 0 radical (unpaired) electrons. The molecular formula is C12H14F3NO5S. The number of methoxy groups -OCH3 is 1. The summed E-state index contributed by atoms with van der Waals surface area (Å²) in [5.74, 6) is -2.48. The van der Waals surface area contributed by atoms with Crippen molar-refractivity contribution in [1.29, 1.82) is 0 Å². The summed E-state index contributed by atoms with van der Waals surface area (Å²) in [5.41, 5.74) is -1.55. The minimum atomic E-state index is -4.70. The lowest BCUT2D eigenvalue weighted by atomic mass is 10.1. The van der Waals surface area contributed by atoms with Gasteiger partial charge in [0.1, 0.15) is 6.04 Å². The number of nitrogens with one attached hydrogen (secondary N) is 1. The van der Waals surface area contributed by atoms with Crippen LogP contribution < -0.4 is 4.72 Å². The first-order chi connectivity index (χ1) is 10.1. The number of hydrogen-bond donors (Lipinski definition) is 2. The highest BCUT2D eigenvalue weighted by atomic mass is 32.2. The number of halogens is 3. The number of benzene rings is 1. The van der Waals surface area contributed by atoms with E-state index in [4.69, 9.17) is 5.11 Å². The van der Waals surface area contributed by atoms with Crippen molar-refractivity contribution in [3.63, 3.8) is 0 Å². The van der Waals surface area contributed by atoms with Gasteiger partial charge in [0.2, 0.25) is 10.0 Å². The van der Waals surface area contributed by atoms with Crippen molar-refractivity contribution < 1.29 is 36.2 Å². The van der Waals surface area contributed by atoms with E-state index in [9.17, 15) is 26.4 Å². The number of hydrogen-bond acceptors (Lipinski definition) is 4. The van der Waals surface area contributed by atoms with Gasteiger partial charge in [-0.05, 0) is 11.6 Å². The van der Waals surface area contributed by atoms with Crippen LogP contribution in [-0.2, 0) is 31.5 Å². The van der Waals surface area contributed by atoms with Gasteiger partial charge in [-0.25, -0.2) is 8.42 Å². The van der Waals surface area contributed by atoms with Gasteiger partial charge in [0, 0.05) is 7.11 Å². The monoisotopic (exact) mass is 341 g/mol. The molecule has 0 aliphatic carbocycles. The Kier molecular flexibility index (Phi) is 5.92. The van der Waals surface area contributed by atoms with Gasteiger partial charge < -0.3 is 9.84 Å². The lowest BCUT2D eigenvalue weighted by Gasteiger charge is -2.16. The summed E-state index contributed by atoms with van der Waals surface area (Å²) in [6, 6.07) is 2.61. The molecule has 1 aromatic rings. The summed E-state index contributed by atoms with van der Waals surface area (Å²) >= 11 is 0. The molecule has 2 N–H and O–H groups in total. The minimum Gasteiger partial charge on any atom is -0.480 e. The number of alkyl halides is 3. The second-order valence-electron chi connectivity index (χ2n) is 4.38. The normalized spacial score (nSPS) is 13.8. The number of aliphatic carboxylic acids is 1. The third-order valence-corrected chi connectivity index (χ3v) is 3.96. The molecule has 1 rings (SSSR count). The summed E-state index contributed by atoms with van der Waals surface area (Å²) in [4.78, 5) is 10.9. The molecule has 22 heavy (non-hydrogen) atoms. The van der Waals surface area contributed by atoms with Crippen LogP contribution in [0.1, 0.15) is 11.1 Å². The maximum Gasteiger partial charge on any atom is 0.416 e. The van der Waals surface area contributed by atoms with E-state index in [1.165, 1.54) is 13.2 Å². The number of carbonyl (C=O) groups is 1. The second kappa shape index (κ2) is 7.07. The third kappa shape index (κ3) is 5.28. The van der Waals surface area contributed by atoms with Crippen molar-refractivity contribution in [2.75, 3.05) is 13.7 Å². The van der Waals surface area contributed by atoms with Gasteiger partial charge in [-0.15, -0.1) is 0 Å². The van der Waals surface area contributed by atoms with Crippen LogP contribution in [0.25, 0.3) is 0 Å². The third-order valence-electron chi connectivity index (χ3n) is 2.62. The van der Waals surface area contributed by atoms with E-state index in [-0.39, 0.29) is 0 Å². The van der Waals surface area contributed by atoms with Crippen molar-refractivity contribution in [3.8, 4) is 0 Å². The lowest BCUT2D eigenvalue weighted by molar-refractivity contribution is -0.140. The summed E-state index contributed by atoms with van der Waals surface area (Å²) in [5, 5.41) is 8.83.